The summed E-state index contributed by atoms with van der Waals surface area (Å²) in [6.07, 6.45) is 1.49. The van der Waals surface area contributed by atoms with E-state index in [1.165, 1.54) is 25.5 Å². The molecule has 1 heterocycles. The number of carbonyl (C=O) groups is 1. The minimum Gasteiger partial charge on any atom is -0.493 e. The number of hydrogen-bond donors (Lipinski definition) is 1. The molecule has 0 radical (unpaired) electrons. The first-order valence-electron chi connectivity index (χ1n) is 12.3. The van der Waals surface area contributed by atoms with Crippen molar-refractivity contribution in [3.8, 4) is 11.5 Å². The molecular weight excluding hydrogens is 512 g/mol. The summed E-state index contributed by atoms with van der Waals surface area (Å²) in [5.74, 6) is 0.590. The van der Waals surface area contributed by atoms with Gasteiger partial charge in [0.25, 0.3) is 11.6 Å². The van der Waals surface area contributed by atoms with Crippen LogP contribution in [0.15, 0.2) is 101 Å². The van der Waals surface area contributed by atoms with E-state index in [1.54, 1.807) is 59.2 Å². The van der Waals surface area contributed by atoms with Crippen LogP contribution in [0.2, 0.25) is 0 Å². The summed E-state index contributed by atoms with van der Waals surface area (Å²) in [5, 5.41) is 16.0. The topological polar surface area (TPSA) is 125 Å². The standard InChI is InChI=1S/C30H24N4O6/c1-39-28-16-21(12-15-27(28)40-19-20-10-13-22(14-11-20)34(37)38)17-31-32-29(35)18-33-25-8-4-2-6-23(25)30(36)24-7-3-5-9-26(24)33/h2-17H,18-19H2,1H3,(H,32,35)/b31-17-. The summed E-state index contributed by atoms with van der Waals surface area (Å²) >= 11 is 0. The molecule has 1 N–H and O–H groups in total. The van der Waals surface area contributed by atoms with Gasteiger partial charge in [-0.15, -0.1) is 0 Å². The molecule has 200 valence electrons. The van der Waals surface area contributed by atoms with Crippen molar-refractivity contribution in [2.75, 3.05) is 7.11 Å². The van der Waals surface area contributed by atoms with E-state index in [0.29, 0.717) is 38.9 Å². The number of fused-ring (bicyclic) bond motifs is 2. The van der Waals surface area contributed by atoms with Crippen LogP contribution in [0, 0.1) is 10.1 Å². The van der Waals surface area contributed by atoms with Gasteiger partial charge in [-0.1, -0.05) is 24.3 Å². The van der Waals surface area contributed by atoms with Crippen LogP contribution >= 0.6 is 0 Å². The van der Waals surface area contributed by atoms with Crippen molar-refractivity contribution in [3.63, 3.8) is 0 Å². The number of nitrogens with one attached hydrogen (secondary N) is 1. The SMILES string of the molecule is COc1cc(/C=N\NC(=O)Cn2c3ccccc3c(=O)c3ccccc32)ccc1OCc1ccc([N+](=O)[O-])cc1. The molecule has 0 aliphatic rings. The molecule has 0 saturated carbocycles. The Kier molecular flexibility index (Phi) is 7.49. The van der Waals surface area contributed by atoms with Gasteiger partial charge in [0.05, 0.1) is 29.3 Å². The number of nitro benzene ring substituents is 1. The second-order valence-corrected chi connectivity index (χ2v) is 8.87. The molecule has 0 fully saturated rings. The van der Waals surface area contributed by atoms with E-state index in [9.17, 15) is 19.7 Å². The molecule has 0 atom stereocenters. The fourth-order valence-electron chi connectivity index (χ4n) is 4.36. The van der Waals surface area contributed by atoms with Gasteiger partial charge in [-0.2, -0.15) is 5.10 Å². The number of rotatable bonds is 9. The van der Waals surface area contributed by atoms with Crippen LogP contribution in [0.4, 0.5) is 5.69 Å². The first-order valence-corrected chi connectivity index (χ1v) is 12.3. The largest absolute Gasteiger partial charge is 0.493 e. The maximum Gasteiger partial charge on any atom is 0.269 e. The van der Waals surface area contributed by atoms with Crippen LogP contribution in [0.25, 0.3) is 21.8 Å². The fraction of sp³-hybridized carbons (Fsp3) is 0.100. The number of aromatic nitrogens is 1. The van der Waals surface area contributed by atoms with Gasteiger partial charge in [-0.05, 0) is 65.7 Å². The average molecular weight is 537 g/mol. The predicted octanol–water partition coefficient (Wildman–Crippen LogP) is 4.80. The molecule has 0 aliphatic carbocycles. The van der Waals surface area contributed by atoms with Crippen LogP contribution in [0.1, 0.15) is 11.1 Å². The highest BCUT2D eigenvalue weighted by atomic mass is 16.6. The van der Waals surface area contributed by atoms with E-state index >= 15 is 0 Å². The molecule has 5 aromatic rings. The first-order chi connectivity index (χ1) is 19.4. The molecular formula is C30H24N4O6. The van der Waals surface area contributed by atoms with Crippen molar-refractivity contribution in [1.82, 2.24) is 9.99 Å². The van der Waals surface area contributed by atoms with E-state index in [-0.39, 0.29) is 30.2 Å². The molecule has 1 amide bonds. The average Bonchev–Trinajstić information content (AvgIpc) is 2.98. The third-order valence-electron chi connectivity index (χ3n) is 6.31. The van der Waals surface area contributed by atoms with E-state index in [4.69, 9.17) is 9.47 Å². The van der Waals surface area contributed by atoms with Crippen LogP contribution in [0.3, 0.4) is 0 Å². The van der Waals surface area contributed by atoms with Crippen molar-refractivity contribution in [1.29, 1.82) is 0 Å². The summed E-state index contributed by atoms with van der Waals surface area (Å²) in [4.78, 5) is 36.1. The Balaban J connectivity index is 1.27. The van der Waals surface area contributed by atoms with Gasteiger partial charge < -0.3 is 14.0 Å². The summed E-state index contributed by atoms with van der Waals surface area (Å²) in [7, 11) is 1.51. The highest BCUT2D eigenvalue weighted by Crippen LogP contribution is 2.28. The second kappa shape index (κ2) is 11.5. The normalized spacial score (nSPS) is 11.1. The van der Waals surface area contributed by atoms with Gasteiger partial charge in [-0.3, -0.25) is 19.7 Å². The van der Waals surface area contributed by atoms with Crippen LogP contribution < -0.4 is 20.3 Å². The number of nitro groups is 1. The Labute approximate surface area is 228 Å². The van der Waals surface area contributed by atoms with Gasteiger partial charge in [0, 0.05) is 22.9 Å². The number of carbonyl (C=O) groups excluding carboxylic acids is 1. The monoisotopic (exact) mass is 536 g/mol. The Bertz CT molecular complexity index is 1750. The third-order valence-corrected chi connectivity index (χ3v) is 6.31. The zero-order valence-electron chi connectivity index (χ0n) is 21.4. The van der Waals surface area contributed by atoms with Crippen molar-refractivity contribution in [2.24, 2.45) is 5.10 Å². The number of amides is 1. The highest BCUT2D eigenvalue weighted by molar-refractivity contribution is 5.95. The molecule has 10 heteroatoms. The molecule has 0 spiro atoms. The Morgan fingerprint density at radius 1 is 0.950 bits per heavy atom. The smallest absolute Gasteiger partial charge is 0.269 e. The Morgan fingerprint density at radius 3 is 2.23 bits per heavy atom. The van der Waals surface area contributed by atoms with E-state index in [1.807, 2.05) is 24.3 Å². The molecule has 0 bridgehead atoms. The minimum absolute atomic E-state index is 0.0118. The number of methoxy groups -OCH3 is 1. The van der Waals surface area contributed by atoms with E-state index < -0.39 is 4.92 Å². The second-order valence-electron chi connectivity index (χ2n) is 8.87. The lowest BCUT2D eigenvalue weighted by atomic mass is 10.1. The number of hydrazone groups is 1. The lowest BCUT2D eigenvalue weighted by Gasteiger charge is -2.14. The Morgan fingerprint density at radius 2 is 1.60 bits per heavy atom. The Hall–Kier alpha value is -5.51. The van der Waals surface area contributed by atoms with Gasteiger partial charge in [0.15, 0.2) is 16.9 Å². The summed E-state index contributed by atoms with van der Waals surface area (Å²) < 4.78 is 13.1. The fourth-order valence-corrected chi connectivity index (χ4v) is 4.36. The van der Waals surface area contributed by atoms with Crippen LogP contribution in [-0.2, 0) is 17.9 Å². The molecule has 10 nitrogen and oxygen atoms in total. The first kappa shape index (κ1) is 26.1. The molecule has 0 aliphatic heterocycles. The van der Waals surface area contributed by atoms with Gasteiger partial charge in [0.2, 0.25) is 0 Å². The van der Waals surface area contributed by atoms with Crippen LogP contribution in [0.5, 0.6) is 11.5 Å². The minimum atomic E-state index is -0.454. The summed E-state index contributed by atoms with van der Waals surface area (Å²) in [6, 6.07) is 25.7. The number of hydrogen-bond acceptors (Lipinski definition) is 7. The zero-order valence-corrected chi connectivity index (χ0v) is 21.4. The predicted molar refractivity (Wildman–Crippen MR) is 152 cm³/mol. The highest BCUT2D eigenvalue weighted by Gasteiger charge is 2.13. The van der Waals surface area contributed by atoms with E-state index in [2.05, 4.69) is 10.5 Å². The lowest BCUT2D eigenvalue weighted by Crippen LogP contribution is -2.25. The van der Waals surface area contributed by atoms with Crippen molar-refractivity contribution in [2.45, 2.75) is 13.2 Å². The van der Waals surface area contributed by atoms with E-state index in [0.717, 1.165) is 5.56 Å². The quantitative estimate of drug-likeness (QED) is 0.125. The number of nitrogens with zero attached hydrogens (tertiary/aromatic N) is 3. The maximum atomic E-state index is 12.9. The molecule has 0 saturated heterocycles. The van der Waals surface area contributed by atoms with Crippen LogP contribution in [-0.4, -0.2) is 28.7 Å². The van der Waals surface area contributed by atoms with Crippen molar-refractivity contribution >= 4 is 39.6 Å². The number of benzene rings is 4. The number of ether oxygens (including phenoxy) is 2. The van der Waals surface area contributed by atoms with Crippen molar-refractivity contribution in [3.05, 3.63) is 122 Å². The molecule has 1 aromatic heterocycles. The van der Waals surface area contributed by atoms with Gasteiger partial charge in [0.1, 0.15) is 13.2 Å². The molecule has 5 rings (SSSR count). The third kappa shape index (κ3) is 5.51. The molecule has 0 unspecified atom stereocenters. The van der Waals surface area contributed by atoms with Gasteiger partial charge >= 0.3 is 0 Å². The van der Waals surface area contributed by atoms with Crippen molar-refractivity contribution < 1.29 is 19.2 Å². The molecule has 40 heavy (non-hydrogen) atoms. The lowest BCUT2D eigenvalue weighted by molar-refractivity contribution is -0.384. The summed E-state index contributed by atoms with van der Waals surface area (Å²) in [6.45, 7) is 0.170. The number of non-ortho nitro benzene ring substituents is 1. The molecule has 4 aromatic carbocycles. The summed E-state index contributed by atoms with van der Waals surface area (Å²) in [5.41, 5.74) is 5.25. The maximum absolute atomic E-state index is 12.9. The van der Waals surface area contributed by atoms with Gasteiger partial charge in [-0.25, -0.2) is 5.43 Å². The zero-order chi connectivity index (χ0) is 28.1. The number of para-hydroxylation sites is 2. The number of pyridine rings is 1.